The number of hydrogen-bond donors (Lipinski definition) is 1. The van der Waals surface area contributed by atoms with Gasteiger partial charge in [0.2, 0.25) is 15.9 Å². The van der Waals surface area contributed by atoms with Crippen molar-refractivity contribution in [2.24, 2.45) is 0 Å². The minimum Gasteiger partial charge on any atom is -0.496 e. The zero-order valence-corrected chi connectivity index (χ0v) is 21.3. The molecule has 0 bridgehead atoms. The number of rotatable bonds is 11. The van der Waals surface area contributed by atoms with Crippen molar-refractivity contribution in [1.82, 2.24) is 5.32 Å². The molecule has 10 heteroatoms. The van der Waals surface area contributed by atoms with Gasteiger partial charge in [0.1, 0.15) is 5.75 Å². The van der Waals surface area contributed by atoms with Crippen molar-refractivity contribution in [3.63, 3.8) is 0 Å². The summed E-state index contributed by atoms with van der Waals surface area (Å²) in [4.78, 5) is 23.1. The van der Waals surface area contributed by atoms with Gasteiger partial charge in [0.15, 0.2) is 0 Å². The molecule has 0 saturated carbocycles. The van der Waals surface area contributed by atoms with Gasteiger partial charge >= 0.3 is 0 Å². The summed E-state index contributed by atoms with van der Waals surface area (Å²) in [5.41, 5.74) is 3.05. The average molecular weight is 492 g/mol. The van der Waals surface area contributed by atoms with Crippen molar-refractivity contribution >= 4 is 27.3 Å². The van der Waals surface area contributed by atoms with E-state index in [2.05, 4.69) is 25.2 Å². The Morgan fingerprint density at radius 1 is 1.18 bits per heavy atom. The third kappa shape index (κ3) is 6.93. The molecular weight excluding hydrogens is 458 g/mol. The molecule has 0 saturated heterocycles. The summed E-state index contributed by atoms with van der Waals surface area (Å²) in [5.74, 6) is 0.867. The van der Waals surface area contributed by atoms with Gasteiger partial charge in [-0.25, -0.2) is 8.42 Å². The lowest BCUT2D eigenvalue weighted by atomic mass is 9.93. The molecule has 1 amide bonds. The summed E-state index contributed by atoms with van der Waals surface area (Å²) in [6.07, 6.45) is 1.40. The molecule has 2 aromatic rings. The van der Waals surface area contributed by atoms with E-state index in [-0.39, 0.29) is 48.6 Å². The van der Waals surface area contributed by atoms with Crippen LogP contribution in [0.25, 0.3) is 0 Å². The van der Waals surface area contributed by atoms with Crippen LogP contribution in [-0.4, -0.2) is 39.2 Å². The third-order valence-electron chi connectivity index (χ3n) is 5.58. The van der Waals surface area contributed by atoms with Crippen molar-refractivity contribution in [2.45, 2.75) is 52.5 Å². The largest absolute Gasteiger partial charge is 0.496 e. The van der Waals surface area contributed by atoms with Crippen LogP contribution in [0.5, 0.6) is 5.75 Å². The number of nitrogens with one attached hydrogen (secondary N) is 1. The maximum Gasteiger partial charge on any atom is 0.271 e. The first-order valence-electron chi connectivity index (χ1n) is 11.0. The Hall–Kier alpha value is -3.14. The Balaban J connectivity index is 2.07. The molecule has 186 valence electrons. The first-order valence-corrected chi connectivity index (χ1v) is 12.9. The molecule has 9 nitrogen and oxygen atoms in total. The van der Waals surface area contributed by atoms with Crippen LogP contribution in [0.15, 0.2) is 36.4 Å². The van der Waals surface area contributed by atoms with Crippen LogP contribution in [0.3, 0.4) is 0 Å². The Morgan fingerprint density at radius 3 is 2.41 bits per heavy atom. The molecule has 1 unspecified atom stereocenters. The molecule has 0 aliphatic carbocycles. The maximum atomic E-state index is 12.6. The zero-order valence-electron chi connectivity index (χ0n) is 20.5. The highest BCUT2D eigenvalue weighted by Crippen LogP contribution is 2.32. The van der Waals surface area contributed by atoms with E-state index in [9.17, 15) is 23.3 Å². The number of sulfonamides is 1. The Kier molecular flexibility index (Phi) is 9.03. The summed E-state index contributed by atoms with van der Waals surface area (Å²) < 4.78 is 31.1. The number of ether oxygens (including phenoxy) is 1. The summed E-state index contributed by atoms with van der Waals surface area (Å²) in [6.45, 7) is 8.06. The second-order valence-corrected chi connectivity index (χ2v) is 10.5. The molecular formula is C24H33N3O6S. The fraction of sp³-hybridized carbons (Fsp3) is 0.458. The second kappa shape index (κ2) is 11.3. The highest BCUT2D eigenvalue weighted by atomic mass is 32.2. The first-order chi connectivity index (χ1) is 15.8. The third-order valence-corrected chi connectivity index (χ3v) is 6.77. The molecule has 0 aliphatic heterocycles. The van der Waals surface area contributed by atoms with E-state index in [1.165, 1.54) is 24.3 Å². The van der Waals surface area contributed by atoms with Crippen molar-refractivity contribution in [3.05, 3.63) is 63.2 Å². The van der Waals surface area contributed by atoms with E-state index in [0.29, 0.717) is 0 Å². The van der Waals surface area contributed by atoms with Gasteiger partial charge in [-0.1, -0.05) is 19.9 Å². The SMILES string of the molecule is COc1cc(C)c(C(C)NC(=O)CCCN(c2cccc([N+](=O)[O-])c2)S(C)(=O)=O)cc1C(C)C. The topological polar surface area (TPSA) is 119 Å². The molecule has 0 aliphatic rings. The number of amides is 1. The summed E-state index contributed by atoms with van der Waals surface area (Å²) in [7, 11) is -2.04. The smallest absolute Gasteiger partial charge is 0.271 e. The van der Waals surface area contributed by atoms with Gasteiger partial charge in [-0.15, -0.1) is 0 Å². The number of methoxy groups -OCH3 is 1. The van der Waals surface area contributed by atoms with E-state index in [1.54, 1.807) is 7.11 Å². The molecule has 0 aromatic heterocycles. The Morgan fingerprint density at radius 2 is 1.85 bits per heavy atom. The highest BCUT2D eigenvalue weighted by Gasteiger charge is 2.21. The quantitative estimate of drug-likeness (QED) is 0.366. The lowest BCUT2D eigenvalue weighted by Gasteiger charge is -2.23. The van der Waals surface area contributed by atoms with E-state index < -0.39 is 14.9 Å². The normalized spacial score (nSPS) is 12.3. The lowest BCUT2D eigenvalue weighted by Crippen LogP contribution is -2.32. The minimum absolute atomic E-state index is 0.0286. The predicted octanol–water partition coefficient (Wildman–Crippen LogP) is 4.46. The van der Waals surface area contributed by atoms with Gasteiger partial charge in [0.05, 0.1) is 30.0 Å². The minimum atomic E-state index is -3.68. The monoisotopic (exact) mass is 491 g/mol. The molecule has 0 heterocycles. The average Bonchev–Trinajstić information content (AvgIpc) is 2.75. The molecule has 1 atom stereocenters. The number of aryl methyl sites for hydroxylation is 1. The zero-order chi connectivity index (χ0) is 25.6. The number of anilines is 1. The fourth-order valence-electron chi connectivity index (χ4n) is 3.83. The van der Waals surface area contributed by atoms with Crippen LogP contribution in [-0.2, 0) is 14.8 Å². The number of carbonyl (C=O) groups is 1. The van der Waals surface area contributed by atoms with Crippen LogP contribution >= 0.6 is 0 Å². The van der Waals surface area contributed by atoms with Crippen molar-refractivity contribution < 1.29 is 22.9 Å². The predicted molar refractivity (Wildman–Crippen MR) is 133 cm³/mol. The highest BCUT2D eigenvalue weighted by molar-refractivity contribution is 7.92. The van der Waals surface area contributed by atoms with Gasteiger partial charge in [-0.3, -0.25) is 19.2 Å². The standard InChI is InChI=1S/C24H33N3O6S/c1-16(2)21-15-22(17(3)13-23(21)33-5)18(4)25-24(28)11-8-12-26(34(6,31)32)19-9-7-10-20(14-19)27(29)30/h7,9-10,13-16,18H,8,11-12H2,1-6H3,(H,25,28). The Labute approximate surface area is 201 Å². The van der Waals surface area contributed by atoms with Gasteiger partial charge < -0.3 is 10.1 Å². The van der Waals surface area contributed by atoms with Crippen molar-refractivity contribution in [1.29, 1.82) is 0 Å². The van der Waals surface area contributed by atoms with Crippen LogP contribution in [0.4, 0.5) is 11.4 Å². The number of nitrogens with zero attached hydrogens (tertiary/aromatic N) is 2. The molecule has 0 fully saturated rings. The van der Waals surface area contributed by atoms with Gasteiger partial charge in [-0.05, 0) is 61.1 Å². The number of benzene rings is 2. The van der Waals surface area contributed by atoms with Crippen molar-refractivity contribution in [3.8, 4) is 5.75 Å². The van der Waals surface area contributed by atoms with Crippen LogP contribution < -0.4 is 14.4 Å². The summed E-state index contributed by atoms with van der Waals surface area (Å²) in [5, 5.41) is 14.0. The van der Waals surface area contributed by atoms with Crippen molar-refractivity contribution in [2.75, 3.05) is 24.2 Å². The number of carbonyl (C=O) groups excluding carboxylic acids is 1. The van der Waals surface area contributed by atoms with E-state index in [1.807, 2.05) is 19.9 Å². The van der Waals surface area contributed by atoms with E-state index in [4.69, 9.17) is 4.74 Å². The van der Waals surface area contributed by atoms with Crippen LogP contribution in [0.1, 0.15) is 62.3 Å². The fourth-order valence-corrected chi connectivity index (χ4v) is 4.79. The van der Waals surface area contributed by atoms with Gasteiger partial charge in [-0.2, -0.15) is 0 Å². The lowest BCUT2D eigenvalue weighted by molar-refractivity contribution is -0.384. The number of hydrogen-bond acceptors (Lipinski definition) is 6. The number of nitro benzene ring substituents is 1. The first kappa shape index (κ1) is 27.1. The number of nitro groups is 1. The molecule has 0 radical (unpaired) electrons. The molecule has 34 heavy (non-hydrogen) atoms. The Bertz CT molecular complexity index is 1150. The molecule has 2 rings (SSSR count). The van der Waals surface area contributed by atoms with Gasteiger partial charge in [0, 0.05) is 25.1 Å². The van der Waals surface area contributed by atoms with Crippen LogP contribution in [0, 0.1) is 17.0 Å². The van der Waals surface area contributed by atoms with Gasteiger partial charge in [0.25, 0.3) is 5.69 Å². The van der Waals surface area contributed by atoms with E-state index >= 15 is 0 Å². The van der Waals surface area contributed by atoms with Crippen LogP contribution in [0.2, 0.25) is 0 Å². The second-order valence-electron chi connectivity index (χ2n) is 8.61. The molecule has 0 spiro atoms. The number of non-ortho nitro benzene ring substituents is 1. The summed E-state index contributed by atoms with van der Waals surface area (Å²) >= 11 is 0. The molecule has 2 aromatic carbocycles. The maximum absolute atomic E-state index is 12.6. The summed E-state index contributed by atoms with van der Waals surface area (Å²) in [6, 6.07) is 9.22. The van der Waals surface area contributed by atoms with E-state index in [0.717, 1.165) is 33.0 Å². The molecule has 1 N–H and O–H groups in total.